The summed E-state index contributed by atoms with van der Waals surface area (Å²) in [4.78, 5) is 14.0. The molecule has 1 amide bonds. The number of likely N-dealkylation sites (tertiary alicyclic amines) is 1. The van der Waals surface area contributed by atoms with Crippen molar-refractivity contribution in [2.24, 2.45) is 0 Å². The number of nitrogens with one attached hydrogen (secondary N) is 1. The maximum Gasteiger partial charge on any atom is 0.221 e. The van der Waals surface area contributed by atoms with Crippen LogP contribution in [0.1, 0.15) is 32.1 Å². The molecule has 0 aliphatic carbocycles. The summed E-state index contributed by atoms with van der Waals surface area (Å²) in [5.74, 6) is 0.0433. The number of amides is 1. The Kier molecular flexibility index (Phi) is 4.97. The smallest absolute Gasteiger partial charge is 0.221 e. The van der Waals surface area contributed by atoms with Crippen LogP contribution in [0.15, 0.2) is 0 Å². The second kappa shape index (κ2) is 6.50. The summed E-state index contributed by atoms with van der Waals surface area (Å²) in [6.07, 6.45) is 4.26. The third-order valence-corrected chi connectivity index (χ3v) is 3.89. The highest BCUT2D eigenvalue weighted by Gasteiger charge is 2.30. The first-order valence-corrected chi connectivity index (χ1v) is 6.97. The van der Waals surface area contributed by atoms with Gasteiger partial charge in [0.25, 0.3) is 0 Å². The summed E-state index contributed by atoms with van der Waals surface area (Å²) < 4.78 is 5.21. The first-order chi connectivity index (χ1) is 8.68. The fraction of sp³-hybridized carbons (Fsp3) is 0.923. The fourth-order valence-electron chi connectivity index (χ4n) is 2.55. The summed E-state index contributed by atoms with van der Waals surface area (Å²) in [5.41, 5.74) is -0.762. The molecule has 5 heteroatoms. The predicted molar refractivity (Wildman–Crippen MR) is 68.3 cm³/mol. The van der Waals surface area contributed by atoms with Crippen molar-refractivity contribution in [3.8, 4) is 0 Å². The topological polar surface area (TPSA) is 61.8 Å². The molecule has 5 nitrogen and oxygen atoms in total. The van der Waals surface area contributed by atoms with E-state index in [4.69, 9.17) is 4.74 Å². The number of aliphatic hydroxyl groups is 1. The number of carbonyl (C=O) groups is 1. The highest BCUT2D eigenvalue weighted by atomic mass is 16.5. The van der Waals surface area contributed by atoms with E-state index < -0.39 is 5.60 Å². The Hall–Kier alpha value is -0.650. The van der Waals surface area contributed by atoms with Crippen LogP contribution in [0.5, 0.6) is 0 Å². The standard InChI is InChI=1S/C13H24N2O3/c16-12(3-8-15-6-1-2-7-15)14-11-13(17)4-9-18-10-5-13/h17H,1-11H2,(H,14,16). The third-order valence-electron chi connectivity index (χ3n) is 3.89. The van der Waals surface area contributed by atoms with Gasteiger partial charge in [-0.2, -0.15) is 0 Å². The van der Waals surface area contributed by atoms with Crippen LogP contribution < -0.4 is 5.32 Å². The molecular weight excluding hydrogens is 232 g/mol. The van der Waals surface area contributed by atoms with Crippen molar-refractivity contribution >= 4 is 5.91 Å². The predicted octanol–water partition coefficient (Wildman–Crippen LogP) is 0.130. The fourth-order valence-corrected chi connectivity index (χ4v) is 2.55. The second-order valence-electron chi connectivity index (χ2n) is 5.41. The Morgan fingerprint density at radius 2 is 1.94 bits per heavy atom. The van der Waals surface area contributed by atoms with Crippen LogP contribution in [-0.2, 0) is 9.53 Å². The normalized spacial score (nSPS) is 24.1. The average molecular weight is 256 g/mol. The average Bonchev–Trinajstić information content (AvgIpc) is 2.88. The number of nitrogens with zero attached hydrogens (tertiary/aromatic N) is 1. The van der Waals surface area contributed by atoms with E-state index in [1.54, 1.807) is 0 Å². The summed E-state index contributed by atoms with van der Waals surface area (Å²) in [6, 6.07) is 0. The molecule has 2 fully saturated rings. The van der Waals surface area contributed by atoms with Gasteiger partial charge in [0.1, 0.15) is 0 Å². The van der Waals surface area contributed by atoms with E-state index in [0.29, 0.717) is 39.0 Å². The zero-order valence-electron chi connectivity index (χ0n) is 11.0. The molecule has 18 heavy (non-hydrogen) atoms. The number of rotatable bonds is 5. The van der Waals surface area contributed by atoms with Gasteiger partial charge in [-0.05, 0) is 25.9 Å². The van der Waals surface area contributed by atoms with Gasteiger partial charge in [-0.3, -0.25) is 4.79 Å². The Bertz CT molecular complexity index is 271. The van der Waals surface area contributed by atoms with E-state index in [0.717, 1.165) is 19.6 Å². The molecule has 2 N–H and O–H groups in total. The van der Waals surface area contributed by atoms with E-state index in [-0.39, 0.29) is 5.91 Å². The van der Waals surface area contributed by atoms with Crippen LogP contribution >= 0.6 is 0 Å². The van der Waals surface area contributed by atoms with E-state index >= 15 is 0 Å². The minimum atomic E-state index is -0.762. The van der Waals surface area contributed by atoms with E-state index in [1.165, 1.54) is 12.8 Å². The second-order valence-corrected chi connectivity index (χ2v) is 5.41. The van der Waals surface area contributed by atoms with Crippen molar-refractivity contribution in [1.29, 1.82) is 0 Å². The lowest BCUT2D eigenvalue weighted by Gasteiger charge is -2.32. The molecule has 0 spiro atoms. The van der Waals surface area contributed by atoms with Gasteiger partial charge in [-0.15, -0.1) is 0 Å². The van der Waals surface area contributed by atoms with Gasteiger partial charge in [-0.25, -0.2) is 0 Å². The summed E-state index contributed by atoms with van der Waals surface area (Å²) in [6.45, 7) is 4.60. The Morgan fingerprint density at radius 3 is 2.61 bits per heavy atom. The number of ether oxygens (including phenoxy) is 1. The SMILES string of the molecule is O=C(CCN1CCCC1)NCC1(O)CCOCC1. The molecule has 2 rings (SSSR count). The molecule has 2 aliphatic rings. The summed E-state index contributed by atoms with van der Waals surface area (Å²) in [5, 5.41) is 13.0. The summed E-state index contributed by atoms with van der Waals surface area (Å²) in [7, 11) is 0. The van der Waals surface area contributed by atoms with Crippen LogP contribution in [-0.4, -0.2) is 60.9 Å². The van der Waals surface area contributed by atoms with Crippen molar-refractivity contribution in [2.45, 2.75) is 37.7 Å². The molecule has 0 radical (unpaired) electrons. The van der Waals surface area contributed by atoms with Crippen molar-refractivity contribution < 1.29 is 14.6 Å². The van der Waals surface area contributed by atoms with Crippen LogP contribution in [0, 0.1) is 0 Å². The van der Waals surface area contributed by atoms with Crippen molar-refractivity contribution in [2.75, 3.05) is 39.4 Å². The van der Waals surface area contributed by atoms with Gasteiger partial charge in [0.2, 0.25) is 5.91 Å². The lowest BCUT2D eigenvalue weighted by molar-refractivity contribution is -0.124. The van der Waals surface area contributed by atoms with Crippen molar-refractivity contribution in [3.63, 3.8) is 0 Å². The Labute approximate surface area is 108 Å². The van der Waals surface area contributed by atoms with Crippen LogP contribution in [0.2, 0.25) is 0 Å². The van der Waals surface area contributed by atoms with Gasteiger partial charge in [-0.1, -0.05) is 0 Å². The molecule has 2 aliphatic heterocycles. The number of hydrogen-bond donors (Lipinski definition) is 2. The number of carbonyl (C=O) groups excluding carboxylic acids is 1. The molecule has 2 heterocycles. The molecule has 2 saturated heterocycles. The molecular formula is C13H24N2O3. The highest BCUT2D eigenvalue weighted by molar-refractivity contribution is 5.76. The van der Waals surface area contributed by atoms with E-state index in [1.807, 2.05) is 0 Å². The van der Waals surface area contributed by atoms with Gasteiger partial charge < -0.3 is 20.1 Å². The molecule has 0 aromatic heterocycles. The van der Waals surface area contributed by atoms with Crippen LogP contribution in [0.3, 0.4) is 0 Å². The quantitative estimate of drug-likeness (QED) is 0.734. The molecule has 0 unspecified atom stereocenters. The number of hydrogen-bond acceptors (Lipinski definition) is 4. The van der Waals surface area contributed by atoms with Gasteiger partial charge in [0, 0.05) is 45.6 Å². The molecule has 0 atom stereocenters. The van der Waals surface area contributed by atoms with Crippen molar-refractivity contribution in [1.82, 2.24) is 10.2 Å². The minimum absolute atomic E-state index is 0.0433. The molecule has 0 saturated carbocycles. The van der Waals surface area contributed by atoms with Crippen LogP contribution in [0.25, 0.3) is 0 Å². The van der Waals surface area contributed by atoms with Gasteiger partial charge in [0.05, 0.1) is 5.60 Å². The Balaban J connectivity index is 1.61. The first-order valence-electron chi connectivity index (χ1n) is 6.97. The summed E-state index contributed by atoms with van der Waals surface area (Å²) >= 11 is 0. The third kappa shape index (κ3) is 4.23. The maximum absolute atomic E-state index is 11.7. The lowest BCUT2D eigenvalue weighted by Crippen LogP contribution is -2.47. The first kappa shape index (κ1) is 13.8. The zero-order chi connectivity index (χ0) is 12.8. The molecule has 0 aromatic rings. The van der Waals surface area contributed by atoms with E-state index in [9.17, 15) is 9.90 Å². The maximum atomic E-state index is 11.7. The van der Waals surface area contributed by atoms with Gasteiger partial charge >= 0.3 is 0 Å². The monoisotopic (exact) mass is 256 g/mol. The Morgan fingerprint density at radius 1 is 1.28 bits per heavy atom. The zero-order valence-corrected chi connectivity index (χ0v) is 11.0. The molecule has 104 valence electrons. The van der Waals surface area contributed by atoms with Gasteiger partial charge in [0.15, 0.2) is 0 Å². The van der Waals surface area contributed by atoms with Crippen LogP contribution in [0.4, 0.5) is 0 Å². The largest absolute Gasteiger partial charge is 0.388 e. The minimum Gasteiger partial charge on any atom is -0.388 e. The van der Waals surface area contributed by atoms with Crippen molar-refractivity contribution in [3.05, 3.63) is 0 Å². The molecule has 0 aromatic carbocycles. The lowest BCUT2D eigenvalue weighted by atomic mass is 9.94. The van der Waals surface area contributed by atoms with E-state index in [2.05, 4.69) is 10.2 Å². The highest BCUT2D eigenvalue weighted by Crippen LogP contribution is 2.19. The molecule has 0 bridgehead atoms.